The van der Waals surface area contributed by atoms with Crippen LogP contribution in [-0.4, -0.2) is 51.1 Å². The zero-order valence-electron chi connectivity index (χ0n) is 19.5. The zero-order chi connectivity index (χ0) is 24.5. The Labute approximate surface area is 197 Å². The first-order valence-corrected chi connectivity index (χ1v) is 10.4. The van der Waals surface area contributed by atoms with Gasteiger partial charge in [0.2, 0.25) is 0 Å². The third kappa shape index (κ3) is 5.48. The Hall–Kier alpha value is -4.45. The van der Waals surface area contributed by atoms with Gasteiger partial charge in [0, 0.05) is 17.7 Å². The number of carbonyl (C=O) groups is 1. The lowest BCUT2D eigenvalue weighted by Crippen LogP contribution is -2.26. The molecule has 2 aromatic carbocycles. The Morgan fingerprint density at radius 3 is 2.29 bits per heavy atom. The largest absolute Gasteiger partial charge is 0.493 e. The molecule has 0 aliphatic heterocycles. The van der Waals surface area contributed by atoms with Crippen molar-refractivity contribution in [2.24, 2.45) is 0 Å². The van der Waals surface area contributed by atoms with Crippen molar-refractivity contribution >= 4 is 12.0 Å². The number of nitrogens with one attached hydrogen (secondary N) is 2. The predicted octanol–water partition coefficient (Wildman–Crippen LogP) is 3.38. The molecule has 34 heavy (non-hydrogen) atoms. The summed E-state index contributed by atoms with van der Waals surface area (Å²) in [4.78, 5) is 12.6. The summed E-state index contributed by atoms with van der Waals surface area (Å²) >= 11 is 0. The minimum Gasteiger partial charge on any atom is -0.493 e. The van der Waals surface area contributed by atoms with Crippen molar-refractivity contribution < 1.29 is 23.7 Å². The topological polar surface area (TPSA) is 118 Å². The number of amides is 1. The molecule has 176 valence electrons. The molecule has 1 heterocycles. The number of nitrogens with zero attached hydrogens (tertiary/aromatic N) is 2. The molecule has 1 amide bonds. The minimum atomic E-state index is -0.470. The molecular weight excluding hydrogens is 436 g/mol. The van der Waals surface area contributed by atoms with Crippen molar-refractivity contribution in [2.45, 2.75) is 6.42 Å². The maximum atomic E-state index is 12.6. The zero-order valence-corrected chi connectivity index (χ0v) is 19.5. The summed E-state index contributed by atoms with van der Waals surface area (Å²) in [6, 6.07) is 12.9. The van der Waals surface area contributed by atoms with E-state index in [2.05, 4.69) is 15.5 Å². The molecule has 0 aliphatic carbocycles. The van der Waals surface area contributed by atoms with Crippen LogP contribution in [0.4, 0.5) is 0 Å². The molecule has 0 unspecified atom stereocenters. The van der Waals surface area contributed by atoms with Gasteiger partial charge < -0.3 is 24.3 Å². The van der Waals surface area contributed by atoms with Crippen molar-refractivity contribution in [2.75, 3.05) is 35.0 Å². The van der Waals surface area contributed by atoms with Crippen molar-refractivity contribution in [3.63, 3.8) is 0 Å². The number of benzene rings is 2. The standard InChI is InChI=1S/C25H26N4O5/c1-31-20-7-5-16(11-22(20)33-3)9-10-27-25(30)18(14-26)12-19-15-28-29-24(19)17-6-8-21(32-2)23(13-17)34-4/h5-8,11-13,15H,9-10H2,1-4H3,(H,27,30)(H,28,29)/b18-12-. The van der Waals surface area contributed by atoms with E-state index in [4.69, 9.17) is 18.9 Å². The van der Waals surface area contributed by atoms with Gasteiger partial charge in [-0.05, 0) is 48.4 Å². The smallest absolute Gasteiger partial charge is 0.261 e. The first kappa shape index (κ1) is 24.2. The van der Waals surface area contributed by atoms with E-state index in [0.717, 1.165) is 11.1 Å². The van der Waals surface area contributed by atoms with Crippen LogP contribution in [0.25, 0.3) is 17.3 Å². The molecule has 0 bridgehead atoms. The van der Waals surface area contributed by atoms with Gasteiger partial charge in [-0.3, -0.25) is 9.89 Å². The number of carbonyl (C=O) groups excluding carboxylic acids is 1. The molecule has 0 atom stereocenters. The van der Waals surface area contributed by atoms with Gasteiger partial charge in [-0.2, -0.15) is 10.4 Å². The predicted molar refractivity (Wildman–Crippen MR) is 127 cm³/mol. The fourth-order valence-electron chi connectivity index (χ4n) is 3.38. The van der Waals surface area contributed by atoms with Gasteiger partial charge in [0.05, 0.1) is 40.3 Å². The van der Waals surface area contributed by atoms with Crippen LogP contribution in [0.1, 0.15) is 11.1 Å². The number of aromatic amines is 1. The van der Waals surface area contributed by atoms with Crippen molar-refractivity contribution in [1.82, 2.24) is 15.5 Å². The molecule has 1 aromatic heterocycles. The van der Waals surface area contributed by atoms with Gasteiger partial charge in [0.15, 0.2) is 23.0 Å². The van der Waals surface area contributed by atoms with Gasteiger partial charge in [-0.25, -0.2) is 0 Å². The summed E-state index contributed by atoms with van der Waals surface area (Å²) in [5, 5.41) is 19.3. The van der Waals surface area contributed by atoms with Crippen molar-refractivity contribution in [3.05, 3.63) is 59.3 Å². The van der Waals surface area contributed by atoms with Crippen LogP contribution in [0, 0.1) is 11.3 Å². The van der Waals surface area contributed by atoms with E-state index >= 15 is 0 Å². The Morgan fingerprint density at radius 1 is 1.00 bits per heavy atom. The van der Waals surface area contributed by atoms with E-state index in [0.29, 0.717) is 47.2 Å². The van der Waals surface area contributed by atoms with Gasteiger partial charge in [-0.15, -0.1) is 0 Å². The maximum absolute atomic E-state index is 12.6. The monoisotopic (exact) mass is 462 g/mol. The normalized spacial score (nSPS) is 10.9. The molecule has 0 aliphatic rings. The van der Waals surface area contributed by atoms with E-state index in [-0.39, 0.29) is 5.57 Å². The van der Waals surface area contributed by atoms with E-state index < -0.39 is 5.91 Å². The fraction of sp³-hybridized carbons (Fsp3) is 0.240. The lowest BCUT2D eigenvalue weighted by Gasteiger charge is -2.10. The molecule has 0 saturated carbocycles. The summed E-state index contributed by atoms with van der Waals surface area (Å²) in [5.74, 6) is 1.93. The number of nitriles is 1. The van der Waals surface area contributed by atoms with Gasteiger partial charge in [-0.1, -0.05) is 6.07 Å². The molecule has 0 fully saturated rings. The Morgan fingerprint density at radius 2 is 1.65 bits per heavy atom. The summed E-state index contributed by atoms with van der Waals surface area (Å²) in [5.41, 5.74) is 2.94. The molecule has 9 heteroatoms. The molecule has 3 aromatic rings. The van der Waals surface area contributed by atoms with E-state index in [1.54, 1.807) is 46.8 Å². The third-order valence-electron chi connectivity index (χ3n) is 5.15. The van der Waals surface area contributed by atoms with Crippen LogP contribution in [-0.2, 0) is 11.2 Å². The van der Waals surface area contributed by atoms with E-state index in [1.165, 1.54) is 6.08 Å². The average Bonchev–Trinajstić information content (AvgIpc) is 3.34. The number of ether oxygens (including phenoxy) is 4. The van der Waals surface area contributed by atoms with Crippen LogP contribution >= 0.6 is 0 Å². The molecule has 3 rings (SSSR count). The molecular formula is C25H26N4O5. The van der Waals surface area contributed by atoms with Crippen LogP contribution in [0.15, 0.2) is 48.2 Å². The summed E-state index contributed by atoms with van der Waals surface area (Å²) in [6.45, 7) is 0.348. The first-order valence-electron chi connectivity index (χ1n) is 10.4. The molecule has 0 spiro atoms. The Kier molecular flexibility index (Phi) is 8.13. The number of rotatable bonds is 10. The van der Waals surface area contributed by atoms with Gasteiger partial charge >= 0.3 is 0 Å². The molecule has 9 nitrogen and oxygen atoms in total. The number of aromatic nitrogens is 2. The number of H-pyrrole nitrogens is 1. The second-order valence-corrected chi connectivity index (χ2v) is 7.14. The second-order valence-electron chi connectivity index (χ2n) is 7.14. The van der Waals surface area contributed by atoms with Crippen molar-refractivity contribution in [1.29, 1.82) is 5.26 Å². The summed E-state index contributed by atoms with van der Waals surface area (Å²) in [6.07, 6.45) is 3.62. The van der Waals surface area contributed by atoms with Crippen molar-refractivity contribution in [3.8, 4) is 40.3 Å². The Balaban J connectivity index is 1.72. The van der Waals surface area contributed by atoms with Gasteiger partial charge in [0.25, 0.3) is 5.91 Å². The van der Waals surface area contributed by atoms with Gasteiger partial charge in [0.1, 0.15) is 11.6 Å². The summed E-state index contributed by atoms with van der Waals surface area (Å²) in [7, 11) is 6.25. The lowest BCUT2D eigenvalue weighted by atomic mass is 10.0. The lowest BCUT2D eigenvalue weighted by molar-refractivity contribution is -0.117. The number of hydrogen-bond donors (Lipinski definition) is 2. The number of methoxy groups -OCH3 is 4. The highest BCUT2D eigenvalue weighted by Crippen LogP contribution is 2.33. The molecule has 0 radical (unpaired) electrons. The first-order chi connectivity index (χ1) is 16.5. The third-order valence-corrected chi connectivity index (χ3v) is 5.15. The average molecular weight is 463 g/mol. The van der Waals surface area contributed by atoms with Crippen LogP contribution in [0.5, 0.6) is 23.0 Å². The highest BCUT2D eigenvalue weighted by atomic mass is 16.5. The highest BCUT2D eigenvalue weighted by molar-refractivity contribution is 6.02. The quantitative estimate of drug-likeness (QED) is 0.350. The van der Waals surface area contributed by atoms with E-state index in [9.17, 15) is 10.1 Å². The van der Waals surface area contributed by atoms with E-state index in [1.807, 2.05) is 30.3 Å². The molecule has 0 saturated heterocycles. The second kappa shape index (κ2) is 11.4. The van der Waals surface area contributed by atoms with Crippen LogP contribution in [0.3, 0.4) is 0 Å². The fourth-order valence-corrected chi connectivity index (χ4v) is 3.38. The molecule has 2 N–H and O–H groups in total. The minimum absolute atomic E-state index is 0.0320. The maximum Gasteiger partial charge on any atom is 0.261 e. The van der Waals surface area contributed by atoms with Crippen LogP contribution < -0.4 is 24.3 Å². The highest BCUT2D eigenvalue weighted by Gasteiger charge is 2.14. The van der Waals surface area contributed by atoms with Crippen LogP contribution in [0.2, 0.25) is 0 Å². The SMILES string of the molecule is COc1ccc(CCNC(=O)/C(C#N)=C\c2cn[nH]c2-c2ccc(OC)c(OC)c2)cc1OC. The number of hydrogen-bond acceptors (Lipinski definition) is 7. The summed E-state index contributed by atoms with van der Waals surface area (Å²) < 4.78 is 21.2. The Bertz CT molecular complexity index is 1230.